The molecule has 1 fully saturated rings. The van der Waals surface area contributed by atoms with Crippen LogP contribution in [0.5, 0.6) is 0 Å². The van der Waals surface area contributed by atoms with E-state index in [9.17, 15) is 4.79 Å². The average Bonchev–Trinajstić information content (AvgIpc) is 3.03. The zero-order chi connectivity index (χ0) is 18.7. The second-order valence-electron chi connectivity index (χ2n) is 7.88. The minimum Gasteiger partial charge on any atom is -0.340 e. The van der Waals surface area contributed by atoms with E-state index in [1.807, 2.05) is 29.2 Å². The van der Waals surface area contributed by atoms with Gasteiger partial charge in [-0.05, 0) is 40.1 Å². The summed E-state index contributed by atoms with van der Waals surface area (Å²) in [4.78, 5) is 16.6. The molecule has 0 radical (unpaired) electrons. The molecule has 2 heterocycles. The van der Waals surface area contributed by atoms with Gasteiger partial charge >= 0.3 is 0 Å². The van der Waals surface area contributed by atoms with Crippen LogP contribution < -0.4 is 0 Å². The Bertz CT molecular complexity index is 744. The number of aromatic nitrogens is 4. The van der Waals surface area contributed by atoms with E-state index in [2.05, 4.69) is 41.2 Å². The van der Waals surface area contributed by atoms with Crippen molar-refractivity contribution in [3.63, 3.8) is 0 Å². The molecule has 2 aromatic rings. The van der Waals surface area contributed by atoms with E-state index in [4.69, 9.17) is 11.6 Å². The lowest BCUT2D eigenvalue weighted by Gasteiger charge is -2.35. The number of hydrogen-bond donors (Lipinski definition) is 0. The maximum absolute atomic E-state index is 12.4. The van der Waals surface area contributed by atoms with Crippen LogP contribution >= 0.6 is 11.6 Å². The number of tetrazole rings is 1. The summed E-state index contributed by atoms with van der Waals surface area (Å²) in [5.41, 5.74) is 0.905. The monoisotopic (exact) mass is 376 g/mol. The number of amides is 1. The van der Waals surface area contributed by atoms with Crippen molar-refractivity contribution in [3.05, 3.63) is 35.1 Å². The van der Waals surface area contributed by atoms with Gasteiger partial charge in [0, 0.05) is 37.6 Å². The number of piperazine rings is 1. The van der Waals surface area contributed by atoms with Gasteiger partial charge in [-0.25, -0.2) is 0 Å². The molecule has 1 aliphatic heterocycles. The SMILES string of the molecule is CC(C)(C)CC(=O)N1CCN(Cc2nnnn2-c2ccc(Cl)cc2)CC1. The van der Waals surface area contributed by atoms with Crippen LogP contribution in [0.4, 0.5) is 0 Å². The topological polar surface area (TPSA) is 67.2 Å². The quantitative estimate of drug-likeness (QED) is 0.819. The zero-order valence-corrected chi connectivity index (χ0v) is 16.3. The molecule has 1 amide bonds. The Morgan fingerprint density at radius 3 is 2.38 bits per heavy atom. The van der Waals surface area contributed by atoms with Gasteiger partial charge in [0.1, 0.15) is 0 Å². The highest BCUT2D eigenvalue weighted by Crippen LogP contribution is 2.21. The molecule has 0 bridgehead atoms. The fourth-order valence-electron chi connectivity index (χ4n) is 3.01. The standard InChI is InChI=1S/C18H25ClN6O/c1-18(2,3)12-17(26)24-10-8-23(9-11-24)13-16-20-21-22-25(16)15-6-4-14(19)5-7-15/h4-7H,8-13H2,1-3H3. The predicted octanol–water partition coefficient (Wildman–Crippen LogP) is 2.40. The Balaban J connectivity index is 1.58. The third-order valence-electron chi connectivity index (χ3n) is 4.38. The van der Waals surface area contributed by atoms with E-state index in [0.29, 0.717) is 18.0 Å². The lowest BCUT2D eigenvalue weighted by atomic mass is 9.91. The number of benzene rings is 1. The summed E-state index contributed by atoms with van der Waals surface area (Å²) in [7, 11) is 0. The molecule has 0 N–H and O–H groups in total. The first kappa shape index (κ1) is 18.8. The molecule has 0 spiro atoms. The Morgan fingerprint density at radius 1 is 1.12 bits per heavy atom. The molecule has 1 aliphatic rings. The molecule has 1 aromatic carbocycles. The van der Waals surface area contributed by atoms with Crippen LogP contribution in [0, 0.1) is 5.41 Å². The molecule has 26 heavy (non-hydrogen) atoms. The smallest absolute Gasteiger partial charge is 0.223 e. The molecule has 7 nitrogen and oxygen atoms in total. The lowest BCUT2D eigenvalue weighted by molar-refractivity contribution is -0.134. The van der Waals surface area contributed by atoms with Crippen LogP contribution in [-0.2, 0) is 11.3 Å². The normalized spacial score (nSPS) is 16.1. The van der Waals surface area contributed by atoms with Crippen molar-refractivity contribution in [2.45, 2.75) is 33.7 Å². The highest BCUT2D eigenvalue weighted by atomic mass is 35.5. The lowest BCUT2D eigenvalue weighted by Crippen LogP contribution is -2.49. The Kier molecular flexibility index (Phi) is 5.58. The highest BCUT2D eigenvalue weighted by molar-refractivity contribution is 6.30. The Hall–Kier alpha value is -1.99. The van der Waals surface area contributed by atoms with Crippen LogP contribution in [0.3, 0.4) is 0 Å². The van der Waals surface area contributed by atoms with E-state index in [0.717, 1.165) is 37.7 Å². The summed E-state index contributed by atoms with van der Waals surface area (Å²) >= 11 is 5.95. The van der Waals surface area contributed by atoms with E-state index < -0.39 is 0 Å². The maximum atomic E-state index is 12.4. The third kappa shape index (κ3) is 4.80. The number of hydrogen-bond acceptors (Lipinski definition) is 5. The maximum Gasteiger partial charge on any atom is 0.223 e. The zero-order valence-electron chi connectivity index (χ0n) is 15.5. The van der Waals surface area contributed by atoms with Gasteiger partial charge in [-0.1, -0.05) is 32.4 Å². The number of carbonyl (C=O) groups is 1. The van der Waals surface area contributed by atoms with Gasteiger partial charge in [0.25, 0.3) is 0 Å². The van der Waals surface area contributed by atoms with Gasteiger partial charge in [-0.2, -0.15) is 4.68 Å². The minimum atomic E-state index is 0.0227. The van der Waals surface area contributed by atoms with Crippen molar-refractivity contribution in [2.24, 2.45) is 5.41 Å². The molecule has 0 unspecified atom stereocenters. The van der Waals surface area contributed by atoms with Gasteiger partial charge in [0.2, 0.25) is 5.91 Å². The van der Waals surface area contributed by atoms with Gasteiger partial charge in [-0.15, -0.1) is 5.10 Å². The summed E-state index contributed by atoms with van der Waals surface area (Å²) in [6.07, 6.45) is 0.585. The van der Waals surface area contributed by atoms with E-state index in [-0.39, 0.29) is 11.3 Å². The summed E-state index contributed by atoms with van der Waals surface area (Å²) in [5, 5.41) is 12.7. The number of halogens is 1. The molecule has 1 aromatic heterocycles. The van der Waals surface area contributed by atoms with E-state index in [1.165, 1.54) is 0 Å². The number of rotatable bonds is 4. The first-order valence-corrected chi connectivity index (χ1v) is 9.23. The van der Waals surface area contributed by atoms with Crippen LogP contribution in [0.2, 0.25) is 5.02 Å². The van der Waals surface area contributed by atoms with Crippen molar-refractivity contribution >= 4 is 17.5 Å². The van der Waals surface area contributed by atoms with Crippen molar-refractivity contribution in [3.8, 4) is 5.69 Å². The van der Waals surface area contributed by atoms with E-state index >= 15 is 0 Å². The molecule has 140 valence electrons. The molecule has 0 aliphatic carbocycles. The van der Waals surface area contributed by atoms with Crippen LogP contribution in [0.15, 0.2) is 24.3 Å². The molecule has 0 saturated carbocycles. The molecule has 8 heteroatoms. The Morgan fingerprint density at radius 2 is 1.77 bits per heavy atom. The van der Waals surface area contributed by atoms with Crippen molar-refractivity contribution < 1.29 is 4.79 Å². The van der Waals surface area contributed by atoms with Crippen LogP contribution in [0.25, 0.3) is 5.69 Å². The Labute approximate surface area is 158 Å². The summed E-state index contributed by atoms with van der Waals surface area (Å²) in [6, 6.07) is 7.43. The van der Waals surface area contributed by atoms with Crippen LogP contribution in [0.1, 0.15) is 33.0 Å². The molecule has 3 rings (SSSR count). The van der Waals surface area contributed by atoms with Crippen molar-refractivity contribution in [1.82, 2.24) is 30.0 Å². The molecular weight excluding hydrogens is 352 g/mol. The molecule has 0 atom stereocenters. The average molecular weight is 377 g/mol. The minimum absolute atomic E-state index is 0.0227. The predicted molar refractivity (Wildman–Crippen MR) is 100 cm³/mol. The fourth-order valence-corrected chi connectivity index (χ4v) is 3.13. The second kappa shape index (κ2) is 7.72. The van der Waals surface area contributed by atoms with Gasteiger partial charge in [0.05, 0.1) is 12.2 Å². The summed E-state index contributed by atoms with van der Waals surface area (Å²) < 4.78 is 1.73. The van der Waals surface area contributed by atoms with Gasteiger partial charge in [0.15, 0.2) is 5.82 Å². The molecule has 1 saturated heterocycles. The summed E-state index contributed by atoms with van der Waals surface area (Å²) in [6.45, 7) is 10.1. The number of nitrogens with zero attached hydrogens (tertiary/aromatic N) is 6. The largest absolute Gasteiger partial charge is 0.340 e. The van der Waals surface area contributed by atoms with Crippen molar-refractivity contribution in [2.75, 3.05) is 26.2 Å². The first-order chi connectivity index (χ1) is 12.3. The first-order valence-electron chi connectivity index (χ1n) is 8.85. The molecular formula is C18H25ClN6O. The highest BCUT2D eigenvalue weighted by Gasteiger charge is 2.25. The number of carbonyl (C=O) groups excluding carboxylic acids is 1. The van der Waals surface area contributed by atoms with Gasteiger partial charge in [-0.3, -0.25) is 9.69 Å². The third-order valence-corrected chi connectivity index (χ3v) is 4.63. The second-order valence-corrected chi connectivity index (χ2v) is 8.31. The fraction of sp³-hybridized carbons (Fsp3) is 0.556. The van der Waals surface area contributed by atoms with Crippen molar-refractivity contribution in [1.29, 1.82) is 0 Å². The van der Waals surface area contributed by atoms with E-state index in [1.54, 1.807) is 4.68 Å². The van der Waals surface area contributed by atoms with Gasteiger partial charge < -0.3 is 4.90 Å². The summed E-state index contributed by atoms with van der Waals surface area (Å²) in [5.74, 6) is 1.02. The van der Waals surface area contributed by atoms with Crippen LogP contribution in [-0.4, -0.2) is 62.1 Å².